The van der Waals surface area contributed by atoms with Crippen LogP contribution in [0, 0.1) is 0 Å². The summed E-state index contributed by atoms with van der Waals surface area (Å²) in [6.45, 7) is 1.77. The molecule has 0 saturated carbocycles. The molecule has 3 rings (SSSR count). The van der Waals surface area contributed by atoms with Crippen LogP contribution in [0.4, 0.5) is 5.95 Å². The van der Waals surface area contributed by atoms with Crippen LogP contribution in [0.1, 0.15) is 5.82 Å². The molecule has 0 spiro atoms. The lowest BCUT2D eigenvalue weighted by Crippen LogP contribution is -2.37. The van der Waals surface area contributed by atoms with Crippen LogP contribution >= 0.6 is 11.6 Å². The van der Waals surface area contributed by atoms with Gasteiger partial charge in [-0.3, -0.25) is 4.57 Å². The number of halogens is 1. The van der Waals surface area contributed by atoms with Gasteiger partial charge in [0.05, 0.1) is 24.0 Å². The molecular formula is C9H9ClN6O. The lowest BCUT2D eigenvalue weighted by molar-refractivity contribution is 0.541. The predicted molar refractivity (Wildman–Crippen MR) is 60.9 cm³/mol. The fourth-order valence-electron chi connectivity index (χ4n) is 1.81. The molecule has 17 heavy (non-hydrogen) atoms. The largest absolute Gasteiger partial charge is 0.343 e. The smallest absolute Gasteiger partial charge is 0.331 e. The minimum atomic E-state index is -0.170. The van der Waals surface area contributed by atoms with Gasteiger partial charge in [0.1, 0.15) is 0 Å². The van der Waals surface area contributed by atoms with E-state index in [0.717, 1.165) is 0 Å². The second-order valence-corrected chi connectivity index (χ2v) is 4.16. The van der Waals surface area contributed by atoms with E-state index in [1.165, 1.54) is 0 Å². The Labute approximate surface area is 101 Å². The number of hydrogen-bond acceptors (Lipinski definition) is 5. The van der Waals surface area contributed by atoms with Crippen LogP contribution in [-0.2, 0) is 13.1 Å². The van der Waals surface area contributed by atoms with Crippen molar-refractivity contribution in [3.63, 3.8) is 0 Å². The van der Waals surface area contributed by atoms with Crippen LogP contribution < -0.4 is 10.6 Å². The van der Waals surface area contributed by atoms with Crippen LogP contribution in [-0.4, -0.2) is 31.3 Å². The molecule has 1 N–H and O–H groups in total. The lowest BCUT2D eigenvalue weighted by Gasteiger charge is -2.26. The van der Waals surface area contributed by atoms with E-state index < -0.39 is 0 Å². The third-order valence-corrected chi connectivity index (χ3v) is 2.85. The van der Waals surface area contributed by atoms with Crippen molar-refractivity contribution in [3.05, 3.63) is 33.7 Å². The number of fused-ring (bicyclic) bond motifs is 1. The van der Waals surface area contributed by atoms with E-state index in [1.807, 2.05) is 4.90 Å². The third kappa shape index (κ3) is 1.78. The second kappa shape index (κ2) is 3.85. The number of nitrogens with one attached hydrogen (secondary N) is 1. The van der Waals surface area contributed by atoms with Gasteiger partial charge in [-0.15, -0.1) is 0 Å². The van der Waals surface area contributed by atoms with E-state index in [9.17, 15) is 4.79 Å². The van der Waals surface area contributed by atoms with Crippen LogP contribution in [0.25, 0.3) is 0 Å². The SMILES string of the molecule is O=c1[nH]nc2n1CCN(c1ncc(Cl)cn1)C2. The van der Waals surface area contributed by atoms with Crippen molar-refractivity contribution in [2.45, 2.75) is 13.1 Å². The molecule has 8 heteroatoms. The van der Waals surface area contributed by atoms with Crippen LogP contribution in [0.2, 0.25) is 5.02 Å². The van der Waals surface area contributed by atoms with Crippen molar-refractivity contribution >= 4 is 17.5 Å². The maximum absolute atomic E-state index is 11.3. The Hall–Kier alpha value is -1.89. The Balaban J connectivity index is 1.89. The highest BCUT2D eigenvalue weighted by Gasteiger charge is 2.20. The zero-order valence-electron chi connectivity index (χ0n) is 8.80. The first kappa shape index (κ1) is 10.3. The maximum Gasteiger partial charge on any atom is 0.343 e. The zero-order valence-corrected chi connectivity index (χ0v) is 9.55. The van der Waals surface area contributed by atoms with Crippen molar-refractivity contribution in [3.8, 4) is 0 Å². The third-order valence-electron chi connectivity index (χ3n) is 2.65. The van der Waals surface area contributed by atoms with Gasteiger partial charge in [0.25, 0.3) is 0 Å². The van der Waals surface area contributed by atoms with Crippen molar-refractivity contribution in [2.75, 3.05) is 11.4 Å². The lowest BCUT2D eigenvalue weighted by atomic mass is 10.4. The molecule has 0 saturated heterocycles. The average Bonchev–Trinajstić information content (AvgIpc) is 2.72. The summed E-state index contributed by atoms with van der Waals surface area (Å²) in [5.41, 5.74) is -0.170. The molecule has 0 fully saturated rings. The highest BCUT2D eigenvalue weighted by molar-refractivity contribution is 6.30. The van der Waals surface area contributed by atoms with Gasteiger partial charge >= 0.3 is 5.69 Å². The molecule has 0 amide bonds. The molecule has 0 unspecified atom stereocenters. The number of anilines is 1. The van der Waals surface area contributed by atoms with Crippen LogP contribution in [0.15, 0.2) is 17.2 Å². The Morgan fingerprint density at radius 1 is 1.29 bits per heavy atom. The minimum Gasteiger partial charge on any atom is -0.331 e. The Bertz CT molecular complexity index is 588. The summed E-state index contributed by atoms with van der Waals surface area (Å²) < 4.78 is 1.62. The van der Waals surface area contributed by atoms with E-state index >= 15 is 0 Å². The number of aromatic amines is 1. The first-order valence-corrected chi connectivity index (χ1v) is 5.48. The van der Waals surface area contributed by atoms with Crippen LogP contribution in [0.5, 0.6) is 0 Å². The van der Waals surface area contributed by atoms with Gasteiger partial charge in [-0.2, -0.15) is 5.10 Å². The van der Waals surface area contributed by atoms with Gasteiger partial charge < -0.3 is 4.90 Å². The fourth-order valence-corrected chi connectivity index (χ4v) is 1.91. The van der Waals surface area contributed by atoms with Gasteiger partial charge in [-0.25, -0.2) is 19.9 Å². The molecule has 1 aliphatic rings. The summed E-state index contributed by atoms with van der Waals surface area (Å²) in [6, 6.07) is 0. The normalized spacial score (nSPS) is 14.8. The van der Waals surface area contributed by atoms with Crippen LogP contribution in [0.3, 0.4) is 0 Å². The molecule has 0 radical (unpaired) electrons. The first-order chi connectivity index (χ1) is 8.24. The Morgan fingerprint density at radius 3 is 2.82 bits per heavy atom. The van der Waals surface area contributed by atoms with Crippen molar-refractivity contribution < 1.29 is 0 Å². The fraction of sp³-hybridized carbons (Fsp3) is 0.333. The number of hydrogen-bond donors (Lipinski definition) is 1. The molecule has 0 aromatic carbocycles. The van der Waals surface area contributed by atoms with Gasteiger partial charge in [0, 0.05) is 13.1 Å². The molecular weight excluding hydrogens is 244 g/mol. The quantitative estimate of drug-likeness (QED) is 0.775. The summed E-state index contributed by atoms with van der Waals surface area (Å²) >= 11 is 5.73. The van der Waals surface area contributed by atoms with E-state index in [1.54, 1.807) is 17.0 Å². The standard InChI is InChI=1S/C9H9ClN6O/c10-6-3-11-8(12-4-6)15-1-2-16-7(5-15)13-14-9(16)17/h3-4H,1-2,5H2,(H,14,17). The van der Waals surface area contributed by atoms with E-state index in [4.69, 9.17) is 11.6 Å². The summed E-state index contributed by atoms with van der Waals surface area (Å²) in [6.07, 6.45) is 3.10. The summed E-state index contributed by atoms with van der Waals surface area (Å²) in [7, 11) is 0. The number of aromatic nitrogens is 5. The first-order valence-electron chi connectivity index (χ1n) is 5.10. The Morgan fingerprint density at radius 2 is 2.06 bits per heavy atom. The molecule has 7 nitrogen and oxygen atoms in total. The predicted octanol–water partition coefficient (Wildman–Crippen LogP) is 0.0350. The number of H-pyrrole nitrogens is 1. The average molecular weight is 253 g/mol. The summed E-state index contributed by atoms with van der Waals surface area (Å²) in [5.74, 6) is 1.29. The number of nitrogens with zero attached hydrogens (tertiary/aromatic N) is 5. The van der Waals surface area contributed by atoms with Gasteiger partial charge in [0.2, 0.25) is 5.95 Å². The Kier molecular flexibility index (Phi) is 2.32. The molecule has 1 aliphatic heterocycles. The molecule has 2 aromatic rings. The summed E-state index contributed by atoms with van der Waals surface area (Å²) in [4.78, 5) is 21.6. The minimum absolute atomic E-state index is 0.170. The molecule has 3 heterocycles. The molecule has 0 atom stereocenters. The van der Waals surface area contributed by atoms with Gasteiger partial charge in [-0.05, 0) is 0 Å². The zero-order chi connectivity index (χ0) is 11.8. The van der Waals surface area contributed by atoms with E-state index in [0.29, 0.717) is 36.4 Å². The molecule has 0 aliphatic carbocycles. The topological polar surface area (TPSA) is 79.7 Å². The highest BCUT2D eigenvalue weighted by Crippen LogP contribution is 2.15. The summed E-state index contributed by atoms with van der Waals surface area (Å²) in [5, 5.41) is 6.88. The maximum atomic E-state index is 11.3. The van der Waals surface area contributed by atoms with Crippen molar-refractivity contribution in [1.29, 1.82) is 0 Å². The highest BCUT2D eigenvalue weighted by atomic mass is 35.5. The van der Waals surface area contributed by atoms with Crippen molar-refractivity contribution in [1.82, 2.24) is 24.7 Å². The van der Waals surface area contributed by atoms with Crippen molar-refractivity contribution in [2.24, 2.45) is 0 Å². The molecule has 2 aromatic heterocycles. The van der Waals surface area contributed by atoms with Gasteiger partial charge in [-0.1, -0.05) is 11.6 Å². The van der Waals surface area contributed by atoms with Gasteiger partial charge in [0.15, 0.2) is 5.82 Å². The number of rotatable bonds is 1. The molecule has 88 valence electrons. The second-order valence-electron chi connectivity index (χ2n) is 3.72. The van der Waals surface area contributed by atoms with E-state index in [-0.39, 0.29) is 5.69 Å². The monoisotopic (exact) mass is 252 g/mol. The van der Waals surface area contributed by atoms with E-state index in [2.05, 4.69) is 20.2 Å². The molecule has 0 bridgehead atoms.